The predicted molar refractivity (Wildman–Crippen MR) is 123 cm³/mol. The average molecular weight is 455 g/mol. The molecule has 8 heteroatoms. The number of nitrogens with one attached hydrogen (secondary N) is 2. The number of rotatable bonds is 12. The number of benzene rings is 2. The van der Waals surface area contributed by atoms with Crippen LogP contribution in [0.5, 0.6) is 0 Å². The lowest BCUT2D eigenvalue weighted by atomic mass is 10.1. The topological polar surface area (TPSA) is 111 Å². The molecule has 2 rings (SSSR count). The first-order chi connectivity index (χ1) is 15.8. The molecule has 8 nitrogen and oxygen atoms in total. The van der Waals surface area contributed by atoms with Crippen molar-refractivity contribution in [3.8, 4) is 0 Å². The number of alkyl carbamates (subject to hydrolysis) is 2. The van der Waals surface area contributed by atoms with Gasteiger partial charge in [-0.3, -0.25) is 9.59 Å². The Morgan fingerprint density at radius 3 is 1.30 bits per heavy atom. The number of ether oxygens (including phenoxy) is 2. The summed E-state index contributed by atoms with van der Waals surface area (Å²) in [6.45, 7) is 4.20. The highest BCUT2D eigenvalue weighted by molar-refractivity contribution is 5.94. The zero-order valence-electron chi connectivity index (χ0n) is 19.0. The molecule has 0 fully saturated rings. The Hall–Kier alpha value is -3.68. The van der Waals surface area contributed by atoms with Crippen molar-refractivity contribution >= 4 is 23.8 Å². The molecule has 33 heavy (non-hydrogen) atoms. The molecule has 0 saturated carbocycles. The van der Waals surface area contributed by atoms with Gasteiger partial charge in [-0.1, -0.05) is 48.5 Å². The first kappa shape index (κ1) is 25.6. The van der Waals surface area contributed by atoms with E-state index in [1.54, 1.807) is 48.5 Å². The molecular weight excluding hydrogens is 424 g/mol. The third-order valence-corrected chi connectivity index (χ3v) is 4.85. The lowest BCUT2D eigenvalue weighted by molar-refractivity contribution is 0.100. The number of carbonyl (C=O) groups is 4. The molecule has 0 bridgehead atoms. The molecule has 0 aliphatic rings. The molecule has 2 amide bonds. The van der Waals surface area contributed by atoms with E-state index in [1.165, 1.54) is 13.8 Å². The molecule has 0 spiro atoms. The summed E-state index contributed by atoms with van der Waals surface area (Å²) < 4.78 is 10.2. The Labute approximate surface area is 193 Å². The first-order valence-electron chi connectivity index (χ1n) is 10.9. The Bertz CT molecular complexity index is 861. The van der Waals surface area contributed by atoms with Crippen LogP contribution in [0.25, 0.3) is 0 Å². The van der Waals surface area contributed by atoms with E-state index in [-0.39, 0.29) is 24.8 Å². The highest BCUT2D eigenvalue weighted by Crippen LogP contribution is 2.06. The van der Waals surface area contributed by atoms with E-state index in [9.17, 15) is 19.2 Å². The molecule has 176 valence electrons. The highest BCUT2D eigenvalue weighted by Gasteiger charge is 2.05. The molecule has 0 heterocycles. The van der Waals surface area contributed by atoms with E-state index in [4.69, 9.17) is 9.47 Å². The van der Waals surface area contributed by atoms with Crippen LogP contribution in [0.15, 0.2) is 48.5 Å². The molecule has 0 unspecified atom stereocenters. The van der Waals surface area contributed by atoms with Crippen LogP contribution < -0.4 is 10.6 Å². The molecule has 0 radical (unpaired) electrons. The van der Waals surface area contributed by atoms with Crippen molar-refractivity contribution in [2.24, 2.45) is 0 Å². The minimum Gasteiger partial charge on any atom is -0.450 e. The number of unbranched alkanes of at least 4 members (excludes halogenated alkanes) is 2. The van der Waals surface area contributed by atoms with Gasteiger partial charge < -0.3 is 20.1 Å². The van der Waals surface area contributed by atoms with Crippen LogP contribution >= 0.6 is 0 Å². The van der Waals surface area contributed by atoms with Crippen LogP contribution in [0.3, 0.4) is 0 Å². The fourth-order valence-corrected chi connectivity index (χ4v) is 2.88. The maximum atomic E-state index is 11.7. The van der Waals surface area contributed by atoms with Gasteiger partial charge in [0.25, 0.3) is 0 Å². The van der Waals surface area contributed by atoms with Gasteiger partial charge in [0.15, 0.2) is 11.6 Å². The quantitative estimate of drug-likeness (QED) is 0.363. The van der Waals surface area contributed by atoms with E-state index >= 15 is 0 Å². The lowest BCUT2D eigenvalue weighted by Crippen LogP contribution is -2.24. The Balaban J connectivity index is 1.48. The van der Waals surface area contributed by atoms with Gasteiger partial charge >= 0.3 is 12.2 Å². The second-order valence-corrected chi connectivity index (χ2v) is 7.55. The zero-order chi connectivity index (χ0) is 24.1. The second-order valence-electron chi connectivity index (χ2n) is 7.55. The monoisotopic (exact) mass is 454 g/mol. The van der Waals surface area contributed by atoms with Gasteiger partial charge in [0.1, 0.15) is 0 Å². The fraction of sp³-hybridized carbons (Fsp3) is 0.360. The third kappa shape index (κ3) is 9.99. The first-order valence-corrected chi connectivity index (χ1v) is 10.9. The number of carbonyl (C=O) groups excluding carboxylic acids is 4. The van der Waals surface area contributed by atoms with E-state index in [1.807, 2.05) is 0 Å². The maximum absolute atomic E-state index is 11.7. The summed E-state index contributed by atoms with van der Waals surface area (Å²) >= 11 is 0. The SMILES string of the molecule is CC(=O)c1ccc(CNC(=O)OCCCCCOC(=O)NCc2ccc(C(C)=O)cc2)cc1. The lowest BCUT2D eigenvalue weighted by Gasteiger charge is -2.09. The predicted octanol–water partition coefficient (Wildman–Crippen LogP) is 4.41. The Morgan fingerprint density at radius 2 is 0.970 bits per heavy atom. The average Bonchev–Trinajstić information content (AvgIpc) is 2.81. The van der Waals surface area contributed by atoms with E-state index in [0.29, 0.717) is 37.1 Å². The summed E-state index contributed by atoms with van der Waals surface area (Å²) in [4.78, 5) is 46.0. The minimum absolute atomic E-state index is 0.00255. The van der Waals surface area contributed by atoms with Crippen LogP contribution in [-0.2, 0) is 22.6 Å². The number of amides is 2. The van der Waals surface area contributed by atoms with Crippen LogP contribution in [0.1, 0.15) is 65.0 Å². The zero-order valence-corrected chi connectivity index (χ0v) is 19.0. The summed E-state index contributed by atoms with van der Waals surface area (Å²) in [5, 5.41) is 5.32. The van der Waals surface area contributed by atoms with Crippen molar-refractivity contribution in [3.63, 3.8) is 0 Å². The van der Waals surface area contributed by atoms with Crippen molar-refractivity contribution in [3.05, 3.63) is 70.8 Å². The number of hydrogen-bond acceptors (Lipinski definition) is 6. The van der Waals surface area contributed by atoms with E-state index in [2.05, 4.69) is 10.6 Å². The maximum Gasteiger partial charge on any atom is 0.407 e. The summed E-state index contributed by atoms with van der Waals surface area (Å²) in [7, 11) is 0. The molecule has 0 aromatic heterocycles. The van der Waals surface area contributed by atoms with Gasteiger partial charge in [0.05, 0.1) is 13.2 Å². The van der Waals surface area contributed by atoms with Gasteiger partial charge in [0, 0.05) is 24.2 Å². The van der Waals surface area contributed by atoms with Crippen molar-refractivity contribution in [1.29, 1.82) is 0 Å². The van der Waals surface area contributed by atoms with Crippen LogP contribution in [0, 0.1) is 0 Å². The van der Waals surface area contributed by atoms with Gasteiger partial charge in [-0.2, -0.15) is 0 Å². The van der Waals surface area contributed by atoms with Gasteiger partial charge in [-0.25, -0.2) is 9.59 Å². The van der Waals surface area contributed by atoms with Crippen molar-refractivity contribution in [2.45, 2.75) is 46.2 Å². The molecule has 0 atom stereocenters. The standard InChI is InChI=1S/C25H30N2O6/c1-18(28)22-10-6-20(7-11-22)16-26-24(30)32-14-4-3-5-15-33-25(31)27-17-21-8-12-23(13-9-21)19(2)29/h6-13H,3-5,14-17H2,1-2H3,(H,26,30)(H,27,31). The summed E-state index contributed by atoms with van der Waals surface area (Å²) in [6, 6.07) is 14.0. The van der Waals surface area contributed by atoms with Gasteiger partial charge in [-0.05, 0) is 44.2 Å². The fourth-order valence-electron chi connectivity index (χ4n) is 2.88. The molecule has 2 aromatic carbocycles. The van der Waals surface area contributed by atoms with Crippen LogP contribution in [0.2, 0.25) is 0 Å². The van der Waals surface area contributed by atoms with Crippen molar-refractivity contribution < 1.29 is 28.7 Å². The summed E-state index contributed by atoms with van der Waals surface area (Å²) in [6.07, 6.45) is 1.07. The van der Waals surface area contributed by atoms with Gasteiger partial charge in [-0.15, -0.1) is 0 Å². The molecule has 0 saturated heterocycles. The largest absolute Gasteiger partial charge is 0.450 e. The second kappa shape index (κ2) is 13.7. The minimum atomic E-state index is -0.502. The normalized spacial score (nSPS) is 10.2. The van der Waals surface area contributed by atoms with Crippen LogP contribution in [-0.4, -0.2) is 37.0 Å². The molecule has 2 aromatic rings. The van der Waals surface area contributed by atoms with Crippen molar-refractivity contribution in [2.75, 3.05) is 13.2 Å². The van der Waals surface area contributed by atoms with E-state index < -0.39 is 12.2 Å². The highest BCUT2D eigenvalue weighted by atomic mass is 16.6. The van der Waals surface area contributed by atoms with Crippen molar-refractivity contribution in [1.82, 2.24) is 10.6 Å². The number of Topliss-reactive ketones (excluding diaryl/α,β-unsaturated/α-hetero) is 2. The molecule has 0 aliphatic carbocycles. The Morgan fingerprint density at radius 1 is 0.606 bits per heavy atom. The smallest absolute Gasteiger partial charge is 0.407 e. The Kier molecular flexibility index (Phi) is 10.6. The summed E-state index contributed by atoms with van der Waals surface area (Å²) in [5.41, 5.74) is 3.01. The molecule has 2 N–H and O–H groups in total. The number of ketones is 2. The third-order valence-electron chi connectivity index (χ3n) is 4.85. The van der Waals surface area contributed by atoms with Crippen LogP contribution in [0.4, 0.5) is 9.59 Å². The number of hydrogen-bond donors (Lipinski definition) is 2. The summed E-state index contributed by atoms with van der Waals surface area (Å²) in [5.74, 6) is -0.00509. The molecule has 0 aliphatic heterocycles. The van der Waals surface area contributed by atoms with Gasteiger partial charge in [0.2, 0.25) is 0 Å². The van der Waals surface area contributed by atoms with E-state index in [0.717, 1.165) is 17.5 Å². The molecular formula is C25H30N2O6.